The van der Waals surface area contributed by atoms with Crippen molar-refractivity contribution in [2.75, 3.05) is 7.11 Å². The Labute approximate surface area is 126 Å². The van der Waals surface area contributed by atoms with Crippen molar-refractivity contribution in [2.45, 2.75) is 13.1 Å². The molecule has 4 rings (SSSR count). The number of aromatic amines is 1. The summed E-state index contributed by atoms with van der Waals surface area (Å²) in [5.41, 5.74) is 3.26. The number of benzene rings is 1. The highest BCUT2D eigenvalue weighted by Gasteiger charge is 2.28. The van der Waals surface area contributed by atoms with E-state index >= 15 is 0 Å². The van der Waals surface area contributed by atoms with Gasteiger partial charge < -0.3 is 14.6 Å². The first kappa shape index (κ1) is 12.8. The number of hydrogen-bond donors (Lipinski definition) is 1. The van der Waals surface area contributed by atoms with Gasteiger partial charge in [-0.1, -0.05) is 0 Å². The zero-order chi connectivity index (χ0) is 15.1. The van der Waals surface area contributed by atoms with Crippen molar-refractivity contribution in [2.24, 2.45) is 0 Å². The molecule has 3 heterocycles. The zero-order valence-electron chi connectivity index (χ0n) is 12.0. The van der Waals surface area contributed by atoms with Gasteiger partial charge in [-0.2, -0.15) is 0 Å². The monoisotopic (exact) mass is 294 g/mol. The number of hydrogen-bond acceptors (Lipinski definition) is 4. The number of aromatic nitrogens is 3. The number of amides is 1. The molecular weight excluding hydrogens is 280 g/mol. The standard InChI is InChI=1S/C16H14N4O2/c1-22-10-4-5-12-13(7-10)19-15(18-12)9-20-8-14-11(16(20)21)3-2-6-17-14/h2-7H,8-9H2,1H3,(H,18,19). The maximum atomic E-state index is 12.3. The maximum absolute atomic E-state index is 12.3. The SMILES string of the molecule is COc1ccc2nc(CN3Cc4ncccc4C3=O)[nH]c2c1. The highest BCUT2D eigenvalue weighted by Crippen LogP contribution is 2.23. The molecule has 1 N–H and O–H groups in total. The summed E-state index contributed by atoms with van der Waals surface area (Å²) in [5, 5.41) is 0. The third kappa shape index (κ3) is 2.00. The maximum Gasteiger partial charge on any atom is 0.256 e. The average Bonchev–Trinajstić information content (AvgIpc) is 3.08. The van der Waals surface area contributed by atoms with Gasteiger partial charge in [0.1, 0.15) is 11.6 Å². The van der Waals surface area contributed by atoms with Crippen molar-refractivity contribution in [3.05, 3.63) is 53.6 Å². The molecule has 1 aromatic carbocycles. The molecule has 0 saturated carbocycles. The number of H-pyrrole nitrogens is 1. The molecule has 0 bridgehead atoms. The second-order valence-electron chi connectivity index (χ2n) is 5.23. The number of ether oxygens (including phenoxy) is 1. The average molecular weight is 294 g/mol. The lowest BCUT2D eigenvalue weighted by Gasteiger charge is -2.12. The van der Waals surface area contributed by atoms with Crippen molar-refractivity contribution < 1.29 is 9.53 Å². The zero-order valence-corrected chi connectivity index (χ0v) is 12.0. The van der Waals surface area contributed by atoms with Crippen LogP contribution in [0.5, 0.6) is 5.75 Å². The third-order valence-electron chi connectivity index (χ3n) is 3.83. The second-order valence-corrected chi connectivity index (χ2v) is 5.23. The van der Waals surface area contributed by atoms with Crippen LogP contribution in [0.4, 0.5) is 0 Å². The molecule has 1 aliphatic rings. The first-order valence-corrected chi connectivity index (χ1v) is 7.00. The van der Waals surface area contributed by atoms with E-state index in [2.05, 4.69) is 15.0 Å². The summed E-state index contributed by atoms with van der Waals surface area (Å²) < 4.78 is 5.20. The normalized spacial score (nSPS) is 13.7. The molecular formula is C16H14N4O2. The van der Waals surface area contributed by atoms with E-state index in [1.165, 1.54) is 0 Å². The molecule has 6 heteroatoms. The van der Waals surface area contributed by atoms with Crippen LogP contribution >= 0.6 is 0 Å². The fourth-order valence-electron chi connectivity index (χ4n) is 2.73. The topological polar surface area (TPSA) is 71.1 Å². The van der Waals surface area contributed by atoms with Crippen molar-refractivity contribution in [3.8, 4) is 5.75 Å². The minimum Gasteiger partial charge on any atom is -0.497 e. The molecule has 0 saturated heterocycles. The van der Waals surface area contributed by atoms with Gasteiger partial charge in [0.25, 0.3) is 5.91 Å². The predicted octanol–water partition coefficient (Wildman–Crippen LogP) is 2.12. The van der Waals surface area contributed by atoms with Crippen LogP contribution in [-0.2, 0) is 13.1 Å². The highest BCUT2D eigenvalue weighted by molar-refractivity contribution is 5.97. The van der Waals surface area contributed by atoms with Crippen molar-refractivity contribution in [3.63, 3.8) is 0 Å². The molecule has 1 aliphatic heterocycles. The van der Waals surface area contributed by atoms with Gasteiger partial charge >= 0.3 is 0 Å². The highest BCUT2D eigenvalue weighted by atomic mass is 16.5. The van der Waals surface area contributed by atoms with Crippen LogP contribution < -0.4 is 4.74 Å². The van der Waals surface area contributed by atoms with E-state index in [9.17, 15) is 4.79 Å². The molecule has 2 aromatic heterocycles. The summed E-state index contributed by atoms with van der Waals surface area (Å²) >= 11 is 0. The summed E-state index contributed by atoms with van der Waals surface area (Å²) in [4.78, 5) is 26.1. The number of fused-ring (bicyclic) bond motifs is 2. The Bertz CT molecular complexity index is 871. The second kappa shape index (κ2) is 4.84. The van der Waals surface area contributed by atoms with Gasteiger partial charge in [-0.15, -0.1) is 0 Å². The quantitative estimate of drug-likeness (QED) is 0.803. The van der Waals surface area contributed by atoms with Crippen LogP contribution in [0.25, 0.3) is 11.0 Å². The number of nitrogens with one attached hydrogen (secondary N) is 1. The number of imidazole rings is 1. The molecule has 0 unspecified atom stereocenters. The third-order valence-corrected chi connectivity index (χ3v) is 3.83. The van der Waals surface area contributed by atoms with Gasteiger partial charge in [-0.25, -0.2) is 4.98 Å². The molecule has 0 aliphatic carbocycles. The minimum absolute atomic E-state index is 0.00105. The lowest BCUT2D eigenvalue weighted by Crippen LogP contribution is -2.23. The van der Waals surface area contributed by atoms with Crippen molar-refractivity contribution in [1.29, 1.82) is 0 Å². The van der Waals surface area contributed by atoms with E-state index in [1.807, 2.05) is 24.3 Å². The van der Waals surface area contributed by atoms with Crippen LogP contribution in [0.2, 0.25) is 0 Å². The molecule has 6 nitrogen and oxygen atoms in total. The Kier molecular flexibility index (Phi) is 2.82. The van der Waals surface area contributed by atoms with Gasteiger partial charge in [-0.3, -0.25) is 9.78 Å². The van der Waals surface area contributed by atoms with Crippen molar-refractivity contribution in [1.82, 2.24) is 19.9 Å². The van der Waals surface area contributed by atoms with E-state index in [0.29, 0.717) is 18.7 Å². The number of carbonyl (C=O) groups excluding carboxylic acids is 1. The number of rotatable bonds is 3. The Morgan fingerprint density at radius 2 is 2.27 bits per heavy atom. The van der Waals surface area contributed by atoms with Crippen LogP contribution in [0, 0.1) is 0 Å². The molecule has 22 heavy (non-hydrogen) atoms. The van der Waals surface area contributed by atoms with Crippen LogP contribution in [-0.4, -0.2) is 32.9 Å². The molecule has 0 spiro atoms. The summed E-state index contributed by atoms with van der Waals surface area (Å²) in [6.45, 7) is 0.960. The lowest BCUT2D eigenvalue weighted by molar-refractivity contribution is 0.0762. The summed E-state index contributed by atoms with van der Waals surface area (Å²) in [5.74, 6) is 1.53. The number of nitrogens with zero attached hydrogens (tertiary/aromatic N) is 3. The van der Waals surface area contributed by atoms with E-state index in [-0.39, 0.29) is 5.91 Å². The fourth-order valence-corrected chi connectivity index (χ4v) is 2.73. The molecule has 3 aromatic rings. The van der Waals surface area contributed by atoms with E-state index in [0.717, 1.165) is 28.3 Å². The first-order valence-electron chi connectivity index (χ1n) is 7.00. The smallest absolute Gasteiger partial charge is 0.256 e. The van der Waals surface area contributed by atoms with Gasteiger partial charge in [0.15, 0.2) is 0 Å². The Morgan fingerprint density at radius 3 is 3.09 bits per heavy atom. The van der Waals surface area contributed by atoms with E-state index in [1.54, 1.807) is 24.3 Å². The summed E-state index contributed by atoms with van der Waals surface area (Å²) in [7, 11) is 1.63. The predicted molar refractivity (Wildman–Crippen MR) is 80.5 cm³/mol. The van der Waals surface area contributed by atoms with Gasteiger partial charge in [0.2, 0.25) is 0 Å². The first-order chi connectivity index (χ1) is 10.7. The van der Waals surface area contributed by atoms with Crippen molar-refractivity contribution >= 4 is 16.9 Å². The fraction of sp³-hybridized carbons (Fsp3) is 0.188. The van der Waals surface area contributed by atoms with Crippen LogP contribution in [0.3, 0.4) is 0 Å². The molecule has 0 atom stereocenters. The number of carbonyl (C=O) groups is 1. The van der Waals surface area contributed by atoms with Gasteiger partial charge in [0.05, 0.1) is 42.5 Å². The largest absolute Gasteiger partial charge is 0.497 e. The summed E-state index contributed by atoms with van der Waals surface area (Å²) in [6, 6.07) is 9.26. The van der Waals surface area contributed by atoms with Crippen LogP contribution in [0.15, 0.2) is 36.5 Å². The Balaban J connectivity index is 1.61. The van der Waals surface area contributed by atoms with E-state index in [4.69, 9.17) is 4.74 Å². The Morgan fingerprint density at radius 1 is 1.36 bits per heavy atom. The Hall–Kier alpha value is -2.89. The molecule has 110 valence electrons. The van der Waals surface area contributed by atoms with Gasteiger partial charge in [0, 0.05) is 12.3 Å². The number of pyridine rings is 1. The molecule has 0 fully saturated rings. The summed E-state index contributed by atoms with van der Waals surface area (Å²) in [6.07, 6.45) is 1.71. The number of methoxy groups -OCH3 is 1. The van der Waals surface area contributed by atoms with E-state index < -0.39 is 0 Å². The minimum atomic E-state index is 0.00105. The lowest BCUT2D eigenvalue weighted by atomic mass is 10.2. The molecule has 1 amide bonds. The van der Waals surface area contributed by atoms with Crippen LogP contribution in [0.1, 0.15) is 21.9 Å². The van der Waals surface area contributed by atoms with Gasteiger partial charge in [-0.05, 0) is 24.3 Å². The molecule has 0 radical (unpaired) electrons.